The van der Waals surface area contributed by atoms with Gasteiger partial charge in [0.25, 0.3) is 0 Å². The Hall–Kier alpha value is -0.810. The van der Waals surface area contributed by atoms with E-state index in [1.807, 2.05) is 25.7 Å². The van der Waals surface area contributed by atoms with Gasteiger partial charge in [0.05, 0.1) is 30.9 Å². The molecule has 0 aliphatic carbocycles. The molecule has 1 N–H and O–H groups in total. The predicted octanol–water partition coefficient (Wildman–Crippen LogP) is 3.49. The Kier molecular flexibility index (Phi) is 5.95. The van der Waals surface area contributed by atoms with Crippen molar-refractivity contribution < 1.29 is 19.4 Å². The van der Waals surface area contributed by atoms with Crippen LogP contribution >= 0.6 is 0 Å². The Balaban J connectivity index is 1.98. The lowest BCUT2D eigenvalue weighted by Gasteiger charge is -2.51. The van der Waals surface area contributed by atoms with E-state index < -0.39 is 11.2 Å². The van der Waals surface area contributed by atoms with E-state index in [0.29, 0.717) is 26.1 Å². The molecule has 1 amide bonds. The molecule has 2 atom stereocenters. The van der Waals surface area contributed by atoms with Gasteiger partial charge >= 0.3 is 6.09 Å². The number of morpholine rings is 1. The second kappa shape index (κ2) is 7.39. The number of amides is 1. The molecule has 0 aromatic heterocycles. The second-order valence-electron chi connectivity index (χ2n) is 8.18. The van der Waals surface area contributed by atoms with E-state index in [1.54, 1.807) is 0 Å². The van der Waals surface area contributed by atoms with Gasteiger partial charge in [0, 0.05) is 0 Å². The minimum absolute atomic E-state index is 0.0754. The number of rotatable bonds is 5. The van der Waals surface area contributed by atoms with Gasteiger partial charge in [-0.05, 0) is 40.0 Å². The van der Waals surface area contributed by atoms with Gasteiger partial charge < -0.3 is 14.6 Å². The number of carbonyl (C=O) groups is 1. The van der Waals surface area contributed by atoms with Gasteiger partial charge in [-0.2, -0.15) is 0 Å². The third kappa shape index (κ3) is 5.08. The zero-order valence-corrected chi connectivity index (χ0v) is 15.1. The summed E-state index contributed by atoms with van der Waals surface area (Å²) in [5.41, 5.74) is -1.16. The topological polar surface area (TPSA) is 59.0 Å². The van der Waals surface area contributed by atoms with E-state index in [9.17, 15) is 9.90 Å². The molecule has 2 saturated heterocycles. The number of piperidine rings is 1. The summed E-state index contributed by atoms with van der Waals surface area (Å²) in [6.45, 7) is 8.82. The molecule has 2 rings (SSSR count). The Morgan fingerprint density at radius 2 is 1.83 bits per heavy atom. The maximum atomic E-state index is 12.5. The Morgan fingerprint density at radius 3 is 2.35 bits per heavy atom. The van der Waals surface area contributed by atoms with Crippen LogP contribution in [0.1, 0.15) is 72.6 Å². The maximum Gasteiger partial charge on any atom is 0.410 e. The molecule has 0 aromatic carbocycles. The predicted molar refractivity (Wildman–Crippen MR) is 89.4 cm³/mol. The molecular weight excluding hydrogens is 294 g/mol. The fraction of sp³-hybridized carbons (Fsp3) is 0.944. The normalized spacial score (nSPS) is 31.1. The first-order chi connectivity index (χ1) is 10.7. The van der Waals surface area contributed by atoms with Crippen LogP contribution in [-0.2, 0) is 9.47 Å². The Morgan fingerprint density at radius 1 is 1.22 bits per heavy atom. The van der Waals surface area contributed by atoms with Crippen molar-refractivity contribution in [2.24, 2.45) is 0 Å². The zero-order valence-electron chi connectivity index (χ0n) is 15.1. The monoisotopic (exact) mass is 327 g/mol. The molecule has 2 aliphatic rings. The van der Waals surface area contributed by atoms with Gasteiger partial charge in [-0.25, -0.2) is 4.79 Å². The molecule has 2 aliphatic heterocycles. The number of ether oxygens (including phenoxy) is 2. The fourth-order valence-corrected chi connectivity index (χ4v) is 3.77. The number of carbonyl (C=O) groups excluding carboxylic acids is 1. The molecule has 2 unspecified atom stereocenters. The summed E-state index contributed by atoms with van der Waals surface area (Å²) in [5, 5.41) is 11.0. The molecule has 2 heterocycles. The number of unbranched alkanes of at least 4 members (excludes halogenated alkanes) is 3. The second-order valence-corrected chi connectivity index (χ2v) is 8.18. The highest BCUT2D eigenvalue weighted by atomic mass is 16.6. The quantitative estimate of drug-likeness (QED) is 0.785. The highest BCUT2D eigenvalue weighted by Crippen LogP contribution is 2.38. The van der Waals surface area contributed by atoms with E-state index >= 15 is 0 Å². The molecule has 5 heteroatoms. The zero-order chi connectivity index (χ0) is 17.1. The third-order valence-corrected chi connectivity index (χ3v) is 4.74. The SMILES string of the molecule is CCCCCCC1(O)CC2COCC(C1)N2C(=O)OC(C)(C)C. The molecule has 5 nitrogen and oxygen atoms in total. The van der Waals surface area contributed by atoms with Gasteiger partial charge in [-0.15, -0.1) is 0 Å². The van der Waals surface area contributed by atoms with E-state index in [2.05, 4.69) is 6.92 Å². The molecule has 0 aromatic rings. The molecule has 23 heavy (non-hydrogen) atoms. The summed E-state index contributed by atoms with van der Waals surface area (Å²) in [5.74, 6) is 0. The molecule has 2 fully saturated rings. The maximum absolute atomic E-state index is 12.5. The van der Waals surface area contributed by atoms with Crippen molar-refractivity contribution in [1.29, 1.82) is 0 Å². The van der Waals surface area contributed by atoms with Crippen LogP contribution in [0, 0.1) is 0 Å². The molecule has 0 radical (unpaired) electrons. The number of aliphatic hydroxyl groups is 1. The number of hydrogen-bond acceptors (Lipinski definition) is 4. The summed E-state index contributed by atoms with van der Waals surface area (Å²) in [6.07, 6.45) is 6.37. The van der Waals surface area contributed by atoms with E-state index in [0.717, 1.165) is 12.8 Å². The van der Waals surface area contributed by atoms with Gasteiger partial charge in [-0.3, -0.25) is 4.90 Å². The average Bonchev–Trinajstić information content (AvgIpc) is 2.40. The lowest BCUT2D eigenvalue weighted by Crippen LogP contribution is -2.64. The Bertz CT molecular complexity index is 390. The van der Waals surface area contributed by atoms with Crippen LogP contribution in [0.25, 0.3) is 0 Å². The van der Waals surface area contributed by atoms with E-state index in [-0.39, 0.29) is 18.2 Å². The molecule has 2 bridgehead atoms. The van der Waals surface area contributed by atoms with Crippen molar-refractivity contribution in [3.8, 4) is 0 Å². The van der Waals surface area contributed by atoms with E-state index in [1.165, 1.54) is 19.3 Å². The van der Waals surface area contributed by atoms with Gasteiger partial charge in [0.1, 0.15) is 5.60 Å². The highest BCUT2D eigenvalue weighted by Gasteiger charge is 2.48. The van der Waals surface area contributed by atoms with Crippen molar-refractivity contribution in [3.63, 3.8) is 0 Å². The fourth-order valence-electron chi connectivity index (χ4n) is 3.77. The van der Waals surface area contributed by atoms with Crippen molar-refractivity contribution >= 4 is 6.09 Å². The average molecular weight is 327 g/mol. The summed E-state index contributed by atoms with van der Waals surface area (Å²) < 4.78 is 11.2. The lowest BCUT2D eigenvalue weighted by atomic mass is 9.78. The highest BCUT2D eigenvalue weighted by molar-refractivity contribution is 5.69. The van der Waals surface area contributed by atoms with Gasteiger partial charge in [0.2, 0.25) is 0 Å². The first-order valence-electron chi connectivity index (χ1n) is 9.05. The molecule has 0 saturated carbocycles. The molecular formula is C18H33NO4. The summed E-state index contributed by atoms with van der Waals surface area (Å²) in [4.78, 5) is 14.3. The van der Waals surface area contributed by atoms with Gasteiger partial charge in [0.15, 0.2) is 0 Å². The number of nitrogens with zero attached hydrogens (tertiary/aromatic N) is 1. The summed E-state index contributed by atoms with van der Waals surface area (Å²) in [7, 11) is 0. The smallest absolute Gasteiger partial charge is 0.410 e. The van der Waals surface area contributed by atoms with Crippen molar-refractivity contribution in [1.82, 2.24) is 4.90 Å². The van der Waals surface area contributed by atoms with Crippen molar-refractivity contribution in [2.45, 2.75) is 95.9 Å². The van der Waals surface area contributed by atoms with Crippen LogP contribution in [-0.4, -0.2) is 52.6 Å². The van der Waals surface area contributed by atoms with Crippen LogP contribution < -0.4 is 0 Å². The first-order valence-corrected chi connectivity index (χ1v) is 9.05. The molecule has 134 valence electrons. The van der Waals surface area contributed by atoms with Gasteiger partial charge in [-0.1, -0.05) is 32.6 Å². The molecule has 0 spiro atoms. The number of fused-ring (bicyclic) bond motifs is 2. The Labute approximate surface area is 140 Å². The summed E-state index contributed by atoms with van der Waals surface area (Å²) in [6, 6.07) is -0.151. The third-order valence-electron chi connectivity index (χ3n) is 4.74. The lowest BCUT2D eigenvalue weighted by molar-refractivity contribution is -0.140. The van der Waals surface area contributed by atoms with E-state index in [4.69, 9.17) is 9.47 Å². The first kappa shape index (κ1) is 18.5. The van der Waals surface area contributed by atoms with Crippen molar-refractivity contribution in [2.75, 3.05) is 13.2 Å². The van der Waals surface area contributed by atoms with Crippen LogP contribution in [0.15, 0.2) is 0 Å². The van der Waals surface area contributed by atoms with Crippen LogP contribution in [0.5, 0.6) is 0 Å². The van der Waals surface area contributed by atoms with Crippen LogP contribution in [0.3, 0.4) is 0 Å². The minimum atomic E-state index is -0.661. The number of hydrogen-bond donors (Lipinski definition) is 1. The van der Waals surface area contributed by atoms with Crippen LogP contribution in [0.4, 0.5) is 4.79 Å². The van der Waals surface area contributed by atoms with Crippen molar-refractivity contribution in [3.05, 3.63) is 0 Å². The summed E-state index contributed by atoms with van der Waals surface area (Å²) >= 11 is 0. The minimum Gasteiger partial charge on any atom is -0.444 e. The largest absolute Gasteiger partial charge is 0.444 e. The van der Waals surface area contributed by atoms with Crippen LogP contribution in [0.2, 0.25) is 0 Å². The standard InChI is InChI=1S/C18H33NO4/c1-5-6-7-8-9-18(21)10-14-12-22-13-15(11-18)19(14)16(20)23-17(2,3)4/h14-15,21H,5-13H2,1-4H3.